The van der Waals surface area contributed by atoms with Gasteiger partial charge in [-0.15, -0.1) is 0 Å². The number of anilines is 1. The number of pyridine rings is 1. The SMILES string of the molecule is Cc1ccc(S(=O)(=O)n2cc(-c3nccc(NCc4ccccc4)n3)c3c(Oc4ccc5c(c4)CN(C(=O)OC(C)(C)C)CC5)ccnc32)cc1. The second-order valence-corrected chi connectivity index (χ2v) is 15.3. The molecule has 1 amide bonds. The van der Waals surface area contributed by atoms with E-state index < -0.39 is 15.6 Å². The normalized spacial score (nSPS) is 13.1. The number of carbonyl (C=O) groups is 1. The minimum absolute atomic E-state index is 0.119. The monoisotopic (exact) mass is 702 g/mol. The van der Waals surface area contributed by atoms with E-state index in [0.717, 1.165) is 26.2 Å². The Balaban J connectivity index is 1.28. The van der Waals surface area contributed by atoms with Gasteiger partial charge in [-0.25, -0.2) is 32.1 Å². The number of benzene rings is 3. The fourth-order valence-corrected chi connectivity index (χ4v) is 7.26. The first kappa shape index (κ1) is 33.7. The molecule has 0 bridgehead atoms. The van der Waals surface area contributed by atoms with Crippen LogP contribution < -0.4 is 10.1 Å². The largest absolute Gasteiger partial charge is 0.457 e. The van der Waals surface area contributed by atoms with Crippen molar-refractivity contribution in [3.05, 3.63) is 126 Å². The van der Waals surface area contributed by atoms with E-state index in [1.807, 2.05) is 76.2 Å². The number of ether oxygens (including phenoxy) is 2. The first-order valence-electron chi connectivity index (χ1n) is 16.7. The van der Waals surface area contributed by atoms with Crippen molar-refractivity contribution >= 4 is 33.0 Å². The predicted molar refractivity (Wildman–Crippen MR) is 195 cm³/mol. The molecule has 7 rings (SSSR count). The average molecular weight is 703 g/mol. The predicted octanol–water partition coefficient (Wildman–Crippen LogP) is 7.74. The molecule has 6 aromatic rings. The quantitative estimate of drug-likeness (QED) is 0.169. The molecule has 0 fully saturated rings. The molecule has 1 aliphatic heterocycles. The Bertz CT molecular complexity index is 2330. The second-order valence-electron chi connectivity index (χ2n) is 13.5. The molecular weight excluding hydrogens is 665 g/mol. The summed E-state index contributed by atoms with van der Waals surface area (Å²) < 4.78 is 41.5. The minimum Gasteiger partial charge on any atom is -0.457 e. The van der Waals surface area contributed by atoms with Crippen molar-refractivity contribution in [3.63, 3.8) is 0 Å². The van der Waals surface area contributed by atoms with Gasteiger partial charge in [0.2, 0.25) is 0 Å². The average Bonchev–Trinajstić information content (AvgIpc) is 3.52. The Morgan fingerprint density at radius 1 is 0.922 bits per heavy atom. The van der Waals surface area contributed by atoms with Gasteiger partial charge in [-0.05, 0) is 87.2 Å². The molecule has 12 heteroatoms. The molecular formula is C39H38N6O5S. The van der Waals surface area contributed by atoms with Gasteiger partial charge in [0.1, 0.15) is 22.9 Å². The lowest BCUT2D eigenvalue weighted by atomic mass is 10.00. The molecule has 3 aromatic heterocycles. The van der Waals surface area contributed by atoms with Crippen molar-refractivity contribution in [1.82, 2.24) is 23.8 Å². The summed E-state index contributed by atoms with van der Waals surface area (Å²) in [5.74, 6) is 1.76. The number of amides is 1. The van der Waals surface area contributed by atoms with Gasteiger partial charge >= 0.3 is 6.09 Å². The molecule has 0 radical (unpaired) electrons. The highest BCUT2D eigenvalue weighted by molar-refractivity contribution is 7.90. The summed E-state index contributed by atoms with van der Waals surface area (Å²) in [5.41, 5.74) is 4.08. The smallest absolute Gasteiger partial charge is 0.410 e. The topological polar surface area (TPSA) is 129 Å². The molecule has 0 unspecified atom stereocenters. The van der Waals surface area contributed by atoms with E-state index in [0.29, 0.717) is 60.1 Å². The Kier molecular flexibility index (Phi) is 8.94. The van der Waals surface area contributed by atoms with Gasteiger partial charge in [-0.1, -0.05) is 54.1 Å². The van der Waals surface area contributed by atoms with Gasteiger partial charge in [-0.3, -0.25) is 0 Å². The lowest BCUT2D eigenvalue weighted by molar-refractivity contribution is 0.0223. The van der Waals surface area contributed by atoms with Crippen molar-refractivity contribution in [3.8, 4) is 22.9 Å². The zero-order valence-electron chi connectivity index (χ0n) is 28.8. The fraction of sp³-hybridized carbons (Fsp3) is 0.231. The zero-order chi connectivity index (χ0) is 35.8. The first-order valence-corrected chi connectivity index (χ1v) is 18.1. The number of hydrogen-bond donors (Lipinski definition) is 1. The molecule has 11 nitrogen and oxygen atoms in total. The Labute approximate surface area is 297 Å². The lowest BCUT2D eigenvalue weighted by Crippen LogP contribution is -2.39. The fourth-order valence-electron chi connectivity index (χ4n) is 5.94. The molecule has 3 aromatic carbocycles. The summed E-state index contributed by atoms with van der Waals surface area (Å²) in [6, 6.07) is 25.8. The third-order valence-electron chi connectivity index (χ3n) is 8.48. The van der Waals surface area contributed by atoms with Crippen LogP contribution in [-0.2, 0) is 34.3 Å². The second kappa shape index (κ2) is 13.5. The van der Waals surface area contributed by atoms with Gasteiger partial charge in [0.15, 0.2) is 11.5 Å². The number of aromatic nitrogens is 4. The molecule has 0 saturated heterocycles. The number of fused-ring (bicyclic) bond motifs is 2. The molecule has 0 saturated carbocycles. The Morgan fingerprint density at radius 3 is 2.45 bits per heavy atom. The van der Waals surface area contributed by atoms with Gasteiger partial charge in [-0.2, -0.15) is 0 Å². The van der Waals surface area contributed by atoms with E-state index in [1.165, 1.54) is 12.4 Å². The van der Waals surface area contributed by atoms with Crippen LogP contribution in [0.4, 0.5) is 10.6 Å². The molecule has 1 N–H and O–H groups in total. The molecule has 0 spiro atoms. The standard InChI is InChI=1S/C39H38N6O5S/c1-26-10-14-31(15-11-26)51(47,48)45-25-32(36-40-20-17-34(43-36)42-23-27-8-6-5-7-9-27)35-33(16-19-41-37(35)45)49-30-13-12-28-18-21-44(24-29(28)22-30)38(46)50-39(2,3)4/h5-17,19-20,22,25H,18,21,23-24H2,1-4H3,(H,40,42,43). The van der Waals surface area contributed by atoms with Crippen LogP contribution in [0.3, 0.4) is 0 Å². The molecule has 1 aliphatic rings. The van der Waals surface area contributed by atoms with Crippen LogP contribution in [0.2, 0.25) is 0 Å². The van der Waals surface area contributed by atoms with Crippen molar-refractivity contribution in [2.45, 2.75) is 57.7 Å². The Morgan fingerprint density at radius 2 is 1.69 bits per heavy atom. The highest BCUT2D eigenvalue weighted by Gasteiger charge is 2.28. The maximum absolute atomic E-state index is 14.1. The molecule has 0 aliphatic carbocycles. The van der Waals surface area contributed by atoms with E-state index >= 15 is 0 Å². The maximum Gasteiger partial charge on any atom is 0.410 e. The van der Waals surface area contributed by atoms with E-state index in [4.69, 9.17) is 14.5 Å². The summed E-state index contributed by atoms with van der Waals surface area (Å²) in [6.45, 7) is 8.91. The van der Waals surface area contributed by atoms with Crippen LogP contribution in [0.15, 0.2) is 108 Å². The highest BCUT2D eigenvalue weighted by Crippen LogP contribution is 2.39. The zero-order valence-corrected chi connectivity index (χ0v) is 29.6. The molecule has 260 valence electrons. The number of nitrogens with one attached hydrogen (secondary N) is 1. The Hall–Kier alpha value is -5.75. The van der Waals surface area contributed by atoms with Crippen molar-refractivity contribution in [2.24, 2.45) is 0 Å². The maximum atomic E-state index is 14.1. The van der Waals surface area contributed by atoms with Crippen LogP contribution >= 0.6 is 0 Å². The van der Waals surface area contributed by atoms with Crippen molar-refractivity contribution in [1.29, 1.82) is 0 Å². The summed E-state index contributed by atoms with van der Waals surface area (Å²) in [4.78, 5) is 28.5. The molecule has 0 atom stereocenters. The van der Waals surface area contributed by atoms with Crippen LogP contribution in [0.1, 0.15) is 43.0 Å². The number of aryl methyl sites for hydroxylation is 1. The van der Waals surface area contributed by atoms with Crippen LogP contribution in [0, 0.1) is 6.92 Å². The summed E-state index contributed by atoms with van der Waals surface area (Å²) in [5, 5.41) is 3.77. The van der Waals surface area contributed by atoms with Gasteiger partial charge in [0.05, 0.1) is 15.8 Å². The third-order valence-corrected chi connectivity index (χ3v) is 10.1. The summed E-state index contributed by atoms with van der Waals surface area (Å²) in [6.07, 6.45) is 4.97. The highest BCUT2D eigenvalue weighted by atomic mass is 32.2. The summed E-state index contributed by atoms with van der Waals surface area (Å²) >= 11 is 0. The third kappa shape index (κ3) is 7.27. The summed E-state index contributed by atoms with van der Waals surface area (Å²) in [7, 11) is -4.08. The molecule has 4 heterocycles. The lowest BCUT2D eigenvalue weighted by Gasteiger charge is -2.31. The number of nitrogens with zero attached hydrogens (tertiary/aromatic N) is 5. The van der Waals surface area contributed by atoms with E-state index in [-0.39, 0.29) is 16.6 Å². The van der Waals surface area contributed by atoms with E-state index in [9.17, 15) is 13.2 Å². The molecule has 51 heavy (non-hydrogen) atoms. The number of rotatable bonds is 8. The van der Waals surface area contributed by atoms with Gasteiger partial charge in [0, 0.05) is 38.2 Å². The van der Waals surface area contributed by atoms with Crippen molar-refractivity contribution < 1.29 is 22.7 Å². The number of carbonyl (C=O) groups excluding carboxylic acids is 1. The first-order chi connectivity index (χ1) is 24.4. The number of hydrogen-bond acceptors (Lipinski definition) is 9. The van der Waals surface area contributed by atoms with Gasteiger partial charge in [0.25, 0.3) is 10.0 Å². The van der Waals surface area contributed by atoms with Crippen LogP contribution in [0.25, 0.3) is 22.4 Å². The minimum atomic E-state index is -4.08. The van der Waals surface area contributed by atoms with Crippen LogP contribution in [0.5, 0.6) is 11.5 Å². The van der Waals surface area contributed by atoms with Gasteiger partial charge < -0.3 is 19.7 Å². The van der Waals surface area contributed by atoms with Crippen molar-refractivity contribution in [2.75, 3.05) is 11.9 Å². The van der Waals surface area contributed by atoms with Crippen LogP contribution in [-0.4, -0.2) is 50.5 Å². The van der Waals surface area contributed by atoms with E-state index in [1.54, 1.807) is 47.5 Å². The van der Waals surface area contributed by atoms with E-state index in [2.05, 4.69) is 15.3 Å².